The number of benzene rings is 2. The third-order valence-electron chi connectivity index (χ3n) is 3.29. The van der Waals surface area contributed by atoms with E-state index in [1.54, 1.807) is 24.3 Å². The van der Waals surface area contributed by atoms with E-state index in [1.807, 2.05) is 37.3 Å². The van der Waals surface area contributed by atoms with Gasteiger partial charge in [-0.05, 0) is 30.2 Å². The summed E-state index contributed by atoms with van der Waals surface area (Å²) >= 11 is 5.99. The summed E-state index contributed by atoms with van der Waals surface area (Å²) in [5.74, 6) is -0.502. The summed E-state index contributed by atoms with van der Waals surface area (Å²) in [7, 11) is 0. The van der Waals surface area contributed by atoms with Crippen LogP contribution < -0.4 is 10.6 Å². The molecule has 0 unspecified atom stereocenters. The Bertz CT molecular complexity index is 778. The van der Waals surface area contributed by atoms with E-state index in [4.69, 9.17) is 16.9 Å². The summed E-state index contributed by atoms with van der Waals surface area (Å²) in [5.41, 5.74) is 2.71. The van der Waals surface area contributed by atoms with Crippen molar-refractivity contribution in [1.29, 1.82) is 5.26 Å². The number of halogens is 1. The first kappa shape index (κ1) is 16.6. The molecule has 0 atom stereocenters. The molecule has 5 heteroatoms. The van der Waals surface area contributed by atoms with Gasteiger partial charge in [-0.1, -0.05) is 48.0 Å². The summed E-state index contributed by atoms with van der Waals surface area (Å²) in [6, 6.07) is 16.7. The number of rotatable bonds is 5. The van der Waals surface area contributed by atoms with Crippen molar-refractivity contribution in [2.75, 3.05) is 5.32 Å². The maximum atomic E-state index is 12.1. The fourth-order valence-corrected chi connectivity index (χ4v) is 2.16. The van der Waals surface area contributed by atoms with E-state index >= 15 is 0 Å². The highest BCUT2D eigenvalue weighted by molar-refractivity contribution is 6.33. The fourth-order valence-electron chi connectivity index (χ4n) is 1.97. The Balaban J connectivity index is 2.01. The highest BCUT2D eigenvalue weighted by Crippen LogP contribution is 2.20. The molecule has 0 aromatic heterocycles. The fraction of sp³-hybridized carbons (Fsp3) is 0.111. The molecule has 0 bridgehead atoms. The van der Waals surface area contributed by atoms with Crippen LogP contribution in [0.4, 0.5) is 5.69 Å². The number of amides is 1. The minimum atomic E-state index is -0.502. The number of nitrogens with zero attached hydrogens (tertiary/aromatic N) is 1. The van der Waals surface area contributed by atoms with E-state index in [9.17, 15) is 4.79 Å². The van der Waals surface area contributed by atoms with E-state index in [1.165, 1.54) is 6.20 Å². The van der Waals surface area contributed by atoms with Crippen molar-refractivity contribution in [3.8, 4) is 6.07 Å². The van der Waals surface area contributed by atoms with Crippen LogP contribution in [0.3, 0.4) is 0 Å². The van der Waals surface area contributed by atoms with Gasteiger partial charge in [0.1, 0.15) is 11.6 Å². The number of aryl methyl sites for hydroxylation is 1. The van der Waals surface area contributed by atoms with Crippen molar-refractivity contribution in [1.82, 2.24) is 5.32 Å². The molecule has 0 aliphatic carbocycles. The minimum absolute atomic E-state index is 0.0153. The molecule has 0 aliphatic heterocycles. The number of carbonyl (C=O) groups is 1. The van der Waals surface area contributed by atoms with Crippen LogP contribution in [-0.4, -0.2) is 5.91 Å². The van der Waals surface area contributed by atoms with Gasteiger partial charge in [0.25, 0.3) is 5.91 Å². The van der Waals surface area contributed by atoms with Crippen molar-refractivity contribution >= 4 is 23.2 Å². The van der Waals surface area contributed by atoms with Crippen LogP contribution in [0, 0.1) is 18.3 Å². The summed E-state index contributed by atoms with van der Waals surface area (Å²) in [6.07, 6.45) is 1.42. The zero-order chi connectivity index (χ0) is 16.7. The van der Waals surface area contributed by atoms with Gasteiger partial charge in [0.15, 0.2) is 0 Å². The molecule has 23 heavy (non-hydrogen) atoms. The second-order valence-corrected chi connectivity index (χ2v) is 5.32. The molecule has 2 aromatic carbocycles. The Kier molecular flexibility index (Phi) is 5.79. The number of nitrogens with one attached hydrogen (secondary N) is 2. The van der Waals surface area contributed by atoms with E-state index in [2.05, 4.69) is 10.6 Å². The Hall–Kier alpha value is -2.77. The average molecular weight is 326 g/mol. The number of hydrogen-bond donors (Lipinski definition) is 2. The maximum absolute atomic E-state index is 12.1. The second kappa shape index (κ2) is 8.02. The number of para-hydroxylation sites is 1. The van der Waals surface area contributed by atoms with Gasteiger partial charge >= 0.3 is 0 Å². The van der Waals surface area contributed by atoms with Crippen molar-refractivity contribution in [3.63, 3.8) is 0 Å². The zero-order valence-electron chi connectivity index (χ0n) is 12.6. The average Bonchev–Trinajstić information content (AvgIpc) is 2.55. The zero-order valence-corrected chi connectivity index (χ0v) is 13.4. The van der Waals surface area contributed by atoms with Crippen LogP contribution in [0.1, 0.15) is 11.1 Å². The number of hydrogen-bond acceptors (Lipinski definition) is 3. The molecule has 0 heterocycles. The lowest BCUT2D eigenvalue weighted by Crippen LogP contribution is -2.17. The van der Waals surface area contributed by atoms with Gasteiger partial charge in [0.05, 0.1) is 10.7 Å². The van der Waals surface area contributed by atoms with E-state index in [-0.39, 0.29) is 5.57 Å². The maximum Gasteiger partial charge on any atom is 0.267 e. The topological polar surface area (TPSA) is 64.9 Å². The highest BCUT2D eigenvalue weighted by Gasteiger charge is 2.10. The molecule has 2 N–H and O–H groups in total. The molecule has 116 valence electrons. The molecule has 2 aromatic rings. The number of nitriles is 1. The first-order chi connectivity index (χ1) is 11.1. The van der Waals surface area contributed by atoms with Gasteiger partial charge in [-0.3, -0.25) is 4.79 Å². The standard InChI is InChI=1S/C18H16ClN3O/c1-13-6-2-3-7-14(13)11-21-12-15(10-20)18(23)22-17-9-5-4-8-16(17)19/h2-9,12,21H,11H2,1H3,(H,22,23)/b15-12-. The Morgan fingerprint density at radius 1 is 1.22 bits per heavy atom. The molecule has 0 radical (unpaired) electrons. The predicted molar refractivity (Wildman–Crippen MR) is 91.8 cm³/mol. The largest absolute Gasteiger partial charge is 0.386 e. The summed E-state index contributed by atoms with van der Waals surface area (Å²) in [5, 5.41) is 15.2. The molecule has 1 amide bonds. The van der Waals surface area contributed by atoms with E-state index in [0.717, 1.165) is 11.1 Å². The van der Waals surface area contributed by atoms with Gasteiger partial charge in [-0.25, -0.2) is 0 Å². The quantitative estimate of drug-likeness (QED) is 0.649. The third-order valence-corrected chi connectivity index (χ3v) is 3.62. The van der Waals surface area contributed by atoms with Gasteiger partial charge in [-0.2, -0.15) is 5.26 Å². The monoisotopic (exact) mass is 325 g/mol. The van der Waals surface area contributed by atoms with Gasteiger partial charge in [0.2, 0.25) is 0 Å². The van der Waals surface area contributed by atoms with E-state index in [0.29, 0.717) is 17.3 Å². The first-order valence-electron chi connectivity index (χ1n) is 7.06. The van der Waals surface area contributed by atoms with Gasteiger partial charge < -0.3 is 10.6 Å². The van der Waals surface area contributed by atoms with Crippen molar-refractivity contribution in [3.05, 3.63) is 76.5 Å². The van der Waals surface area contributed by atoms with Crippen molar-refractivity contribution < 1.29 is 4.79 Å². The van der Waals surface area contributed by atoms with Crippen molar-refractivity contribution in [2.45, 2.75) is 13.5 Å². The molecule has 0 saturated carbocycles. The summed E-state index contributed by atoms with van der Waals surface area (Å²) in [4.78, 5) is 12.1. The lowest BCUT2D eigenvalue weighted by atomic mass is 10.1. The molecule has 0 spiro atoms. The highest BCUT2D eigenvalue weighted by atomic mass is 35.5. The Labute approximate surface area is 140 Å². The van der Waals surface area contributed by atoms with Crippen LogP contribution in [0.25, 0.3) is 0 Å². The van der Waals surface area contributed by atoms with Crippen LogP contribution in [-0.2, 0) is 11.3 Å². The van der Waals surface area contributed by atoms with Crippen molar-refractivity contribution in [2.24, 2.45) is 0 Å². The lowest BCUT2D eigenvalue weighted by molar-refractivity contribution is -0.112. The molecule has 0 saturated heterocycles. The SMILES string of the molecule is Cc1ccccc1CN/C=C(/C#N)C(=O)Nc1ccccc1Cl. The summed E-state index contributed by atoms with van der Waals surface area (Å²) in [6.45, 7) is 2.55. The summed E-state index contributed by atoms with van der Waals surface area (Å²) < 4.78 is 0. The third kappa shape index (κ3) is 4.60. The molecule has 0 fully saturated rings. The van der Waals surface area contributed by atoms with Crippen LogP contribution >= 0.6 is 11.6 Å². The smallest absolute Gasteiger partial charge is 0.267 e. The van der Waals surface area contributed by atoms with Crippen LogP contribution in [0.2, 0.25) is 5.02 Å². The number of carbonyl (C=O) groups excluding carboxylic acids is 1. The van der Waals surface area contributed by atoms with Gasteiger partial charge in [0, 0.05) is 12.7 Å². The second-order valence-electron chi connectivity index (χ2n) is 4.91. The first-order valence-corrected chi connectivity index (χ1v) is 7.43. The molecule has 0 aliphatic rings. The van der Waals surface area contributed by atoms with Crippen LogP contribution in [0.15, 0.2) is 60.3 Å². The minimum Gasteiger partial charge on any atom is -0.386 e. The molecule has 4 nitrogen and oxygen atoms in total. The Morgan fingerprint density at radius 3 is 2.61 bits per heavy atom. The predicted octanol–water partition coefficient (Wildman–Crippen LogP) is 3.78. The molecular weight excluding hydrogens is 310 g/mol. The molecule has 2 rings (SSSR count). The van der Waals surface area contributed by atoms with E-state index < -0.39 is 5.91 Å². The number of anilines is 1. The Morgan fingerprint density at radius 2 is 1.91 bits per heavy atom. The van der Waals surface area contributed by atoms with Gasteiger partial charge in [-0.15, -0.1) is 0 Å². The normalized spacial score (nSPS) is 10.7. The lowest BCUT2D eigenvalue weighted by Gasteiger charge is -2.07. The van der Waals surface area contributed by atoms with Crippen LogP contribution in [0.5, 0.6) is 0 Å². The molecular formula is C18H16ClN3O.